The summed E-state index contributed by atoms with van der Waals surface area (Å²) < 4.78 is 16.8. The highest BCUT2D eigenvalue weighted by atomic mass is 16.5. The Morgan fingerprint density at radius 1 is 0.909 bits per heavy atom. The number of benzene rings is 2. The molecule has 0 bridgehead atoms. The molecule has 0 spiro atoms. The van der Waals surface area contributed by atoms with Gasteiger partial charge < -0.3 is 19.3 Å². The Hall–Kier alpha value is -2.20. The molecule has 1 unspecified atom stereocenters. The molecular weight excluding hydrogens is 280 g/mol. The zero-order valence-electron chi connectivity index (χ0n) is 13.0. The largest absolute Gasteiger partial charge is 0.490 e. The minimum Gasteiger partial charge on any atom is -0.490 e. The molecule has 0 fully saturated rings. The zero-order chi connectivity index (χ0) is 15.8. The Balaban J connectivity index is 1.83. The van der Waals surface area contributed by atoms with Crippen LogP contribution in [0.1, 0.15) is 25.5 Å². The number of hydrogen-bond acceptors (Lipinski definition) is 4. The van der Waals surface area contributed by atoms with Gasteiger partial charge in [-0.05, 0) is 43.7 Å². The lowest BCUT2D eigenvalue weighted by molar-refractivity contribution is 0.195. The summed E-state index contributed by atoms with van der Waals surface area (Å²) in [6, 6.07) is 15.0. The first-order valence-electron chi connectivity index (χ1n) is 7.46. The smallest absolute Gasteiger partial charge is 0.161 e. The Labute approximate surface area is 131 Å². The second-order valence-electron chi connectivity index (χ2n) is 4.83. The summed E-state index contributed by atoms with van der Waals surface area (Å²) in [7, 11) is 0. The van der Waals surface area contributed by atoms with Gasteiger partial charge in [0.2, 0.25) is 0 Å². The fourth-order valence-corrected chi connectivity index (χ4v) is 2.02. The lowest BCUT2D eigenvalue weighted by Gasteiger charge is -2.13. The summed E-state index contributed by atoms with van der Waals surface area (Å²) in [5.74, 6) is 2.17. The van der Waals surface area contributed by atoms with Gasteiger partial charge >= 0.3 is 0 Å². The average Bonchev–Trinajstić information content (AvgIpc) is 2.53. The van der Waals surface area contributed by atoms with Crippen molar-refractivity contribution in [2.75, 3.05) is 19.8 Å². The molecule has 0 aliphatic carbocycles. The van der Waals surface area contributed by atoms with Gasteiger partial charge in [0.1, 0.15) is 19.0 Å². The predicted octanol–water partition coefficient (Wildman–Crippen LogP) is 3.60. The number of aliphatic hydroxyl groups excluding tert-OH is 1. The summed E-state index contributed by atoms with van der Waals surface area (Å²) >= 11 is 0. The molecule has 2 aromatic rings. The van der Waals surface area contributed by atoms with Crippen molar-refractivity contribution in [2.45, 2.75) is 20.0 Å². The summed E-state index contributed by atoms with van der Waals surface area (Å²) in [5.41, 5.74) is 0.833. The van der Waals surface area contributed by atoms with Gasteiger partial charge in [-0.3, -0.25) is 0 Å². The zero-order valence-corrected chi connectivity index (χ0v) is 13.0. The third kappa shape index (κ3) is 4.67. The van der Waals surface area contributed by atoms with Crippen LogP contribution in [0.15, 0.2) is 48.5 Å². The Bertz CT molecular complexity index is 581. The summed E-state index contributed by atoms with van der Waals surface area (Å²) in [6.45, 7) is 5.11. The van der Waals surface area contributed by atoms with E-state index >= 15 is 0 Å². The van der Waals surface area contributed by atoms with Crippen LogP contribution < -0.4 is 14.2 Å². The van der Waals surface area contributed by atoms with Gasteiger partial charge in [-0.25, -0.2) is 0 Å². The molecule has 0 aromatic heterocycles. The van der Waals surface area contributed by atoms with Crippen molar-refractivity contribution in [1.82, 2.24) is 0 Å². The molecule has 2 rings (SSSR count). The second-order valence-corrected chi connectivity index (χ2v) is 4.83. The Morgan fingerprint density at radius 2 is 1.59 bits per heavy atom. The first-order chi connectivity index (χ1) is 10.7. The van der Waals surface area contributed by atoms with E-state index in [9.17, 15) is 5.11 Å². The second kappa shape index (κ2) is 8.29. The van der Waals surface area contributed by atoms with Gasteiger partial charge in [-0.15, -0.1) is 0 Å². The van der Waals surface area contributed by atoms with Crippen LogP contribution in [0.3, 0.4) is 0 Å². The molecule has 1 N–H and O–H groups in total. The van der Waals surface area contributed by atoms with Crippen LogP contribution in [0.4, 0.5) is 0 Å². The molecular formula is C18H22O4. The summed E-state index contributed by atoms with van der Waals surface area (Å²) in [5, 5.41) is 9.56. The van der Waals surface area contributed by atoms with E-state index in [4.69, 9.17) is 14.2 Å². The molecule has 0 amide bonds. The molecule has 118 valence electrons. The number of ether oxygens (including phenoxy) is 3. The highest BCUT2D eigenvalue weighted by Crippen LogP contribution is 2.26. The van der Waals surface area contributed by atoms with E-state index < -0.39 is 6.10 Å². The minimum atomic E-state index is -0.502. The Morgan fingerprint density at radius 3 is 2.27 bits per heavy atom. The van der Waals surface area contributed by atoms with E-state index in [1.54, 1.807) is 6.92 Å². The Kier molecular flexibility index (Phi) is 6.10. The van der Waals surface area contributed by atoms with Crippen molar-refractivity contribution < 1.29 is 19.3 Å². The van der Waals surface area contributed by atoms with Crippen molar-refractivity contribution in [3.05, 3.63) is 54.1 Å². The van der Waals surface area contributed by atoms with Gasteiger partial charge in [0.15, 0.2) is 11.5 Å². The van der Waals surface area contributed by atoms with Crippen LogP contribution in [0.5, 0.6) is 17.2 Å². The average molecular weight is 302 g/mol. The van der Waals surface area contributed by atoms with Crippen LogP contribution in [0.2, 0.25) is 0 Å². The fourth-order valence-electron chi connectivity index (χ4n) is 2.02. The highest BCUT2D eigenvalue weighted by molar-refractivity contribution is 5.39. The fraction of sp³-hybridized carbons (Fsp3) is 0.333. The first-order valence-corrected chi connectivity index (χ1v) is 7.46. The molecule has 0 saturated carbocycles. The molecule has 0 heterocycles. The maximum atomic E-state index is 9.56. The van der Waals surface area contributed by atoms with Crippen LogP contribution in [-0.2, 0) is 0 Å². The number of hydrogen-bond donors (Lipinski definition) is 1. The van der Waals surface area contributed by atoms with Gasteiger partial charge in [-0.2, -0.15) is 0 Å². The van der Waals surface area contributed by atoms with E-state index in [-0.39, 0.29) is 0 Å². The van der Waals surface area contributed by atoms with Crippen molar-refractivity contribution >= 4 is 0 Å². The van der Waals surface area contributed by atoms with E-state index in [0.29, 0.717) is 25.6 Å². The molecule has 22 heavy (non-hydrogen) atoms. The number of aliphatic hydroxyl groups is 1. The van der Waals surface area contributed by atoms with E-state index in [1.807, 2.05) is 55.5 Å². The lowest BCUT2D eigenvalue weighted by atomic mass is 10.1. The number of rotatable bonds is 8. The van der Waals surface area contributed by atoms with Gasteiger partial charge in [0.25, 0.3) is 0 Å². The molecule has 0 saturated heterocycles. The highest BCUT2D eigenvalue weighted by Gasteiger charge is 2.04. The normalized spacial score (nSPS) is 11.8. The summed E-state index contributed by atoms with van der Waals surface area (Å²) in [6.07, 6.45) is -0.502. The third-order valence-electron chi connectivity index (χ3n) is 3.10. The van der Waals surface area contributed by atoms with E-state index in [2.05, 4.69) is 0 Å². The van der Waals surface area contributed by atoms with Gasteiger partial charge in [-0.1, -0.05) is 24.3 Å². The summed E-state index contributed by atoms with van der Waals surface area (Å²) in [4.78, 5) is 0. The van der Waals surface area contributed by atoms with Crippen LogP contribution in [0, 0.1) is 0 Å². The van der Waals surface area contributed by atoms with Crippen LogP contribution in [0.25, 0.3) is 0 Å². The molecule has 0 radical (unpaired) electrons. The molecule has 0 aliphatic rings. The lowest BCUT2D eigenvalue weighted by Crippen LogP contribution is -2.10. The van der Waals surface area contributed by atoms with E-state index in [1.165, 1.54) is 0 Å². The monoisotopic (exact) mass is 302 g/mol. The van der Waals surface area contributed by atoms with Gasteiger partial charge in [0.05, 0.1) is 12.7 Å². The maximum absolute atomic E-state index is 9.56. The van der Waals surface area contributed by atoms with Crippen LogP contribution in [-0.4, -0.2) is 24.9 Å². The van der Waals surface area contributed by atoms with Crippen molar-refractivity contribution in [3.63, 3.8) is 0 Å². The molecule has 4 heteroatoms. The molecule has 1 atom stereocenters. The number of para-hydroxylation sites is 2. The molecule has 0 aliphatic heterocycles. The molecule has 2 aromatic carbocycles. The minimum absolute atomic E-state index is 0.420. The van der Waals surface area contributed by atoms with Crippen LogP contribution >= 0.6 is 0 Å². The maximum Gasteiger partial charge on any atom is 0.161 e. The van der Waals surface area contributed by atoms with Crippen molar-refractivity contribution in [3.8, 4) is 17.2 Å². The predicted molar refractivity (Wildman–Crippen MR) is 85.7 cm³/mol. The topological polar surface area (TPSA) is 47.9 Å². The quantitative estimate of drug-likeness (QED) is 0.757. The third-order valence-corrected chi connectivity index (χ3v) is 3.10. The first kappa shape index (κ1) is 16.2. The van der Waals surface area contributed by atoms with Crippen molar-refractivity contribution in [1.29, 1.82) is 0 Å². The van der Waals surface area contributed by atoms with E-state index in [0.717, 1.165) is 17.1 Å². The standard InChI is InChI=1S/C18H22O4/c1-3-20-17-9-4-5-10-18(17)22-12-11-21-16-8-6-7-15(13-16)14(2)19/h4-10,13-14,19H,3,11-12H2,1-2H3. The van der Waals surface area contributed by atoms with Crippen molar-refractivity contribution in [2.24, 2.45) is 0 Å². The molecule has 4 nitrogen and oxygen atoms in total. The van der Waals surface area contributed by atoms with Gasteiger partial charge in [0, 0.05) is 0 Å². The SMILES string of the molecule is CCOc1ccccc1OCCOc1cccc(C(C)O)c1.